The van der Waals surface area contributed by atoms with Gasteiger partial charge in [-0.15, -0.1) is 0 Å². The van der Waals surface area contributed by atoms with Gasteiger partial charge in [-0.1, -0.05) is 0 Å². The van der Waals surface area contributed by atoms with Crippen molar-refractivity contribution in [2.24, 2.45) is 0 Å². The molecule has 1 saturated heterocycles. The molecule has 3 heterocycles. The van der Waals surface area contributed by atoms with Gasteiger partial charge in [0.2, 0.25) is 0 Å². The lowest BCUT2D eigenvalue weighted by Crippen LogP contribution is -2.55. The van der Waals surface area contributed by atoms with E-state index in [0.717, 1.165) is 15.7 Å². The van der Waals surface area contributed by atoms with Crippen molar-refractivity contribution in [3.05, 3.63) is 28.5 Å². The molecule has 1 fully saturated rings. The van der Waals surface area contributed by atoms with Crippen LogP contribution < -0.4 is 4.90 Å². The molecule has 0 aliphatic carbocycles. The highest BCUT2D eigenvalue weighted by Gasteiger charge is 2.32. The first-order chi connectivity index (χ1) is 12.2. The second-order valence-corrected chi connectivity index (χ2v) is 8.39. The van der Waals surface area contributed by atoms with Crippen LogP contribution in [0.1, 0.15) is 33.3 Å². The number of carbonyl (C=O) groups excluding carboxylic acids is 1. The van der Waals surface area contributed by atoms with Gasteiger partial charge in [-0.05, 0) is 49.7 Å². The van der Waals surface area contributed by atoms with Crippen molar-refractivity contribution in [2.75, 3.05) is 24.5 Å². The molecule has 0 bridgehead atoms. The predicted molar refractivity (Wildman–Crippen MR) is 102 cm³/mol. The van der Waals surface area contributed by atoms with Crippen LogP contribution in [-0.4, -0.2) is 51.9 Å². The monoisotopic (exact) mass is 419 g/mol. The minimum Gasteiger partial charge on any atom is -0.444 e. The minimum absolute atomic E-state index is 0.00825. The maximum absolute atomic E-state index is 12.4. The van der Waals surface area contributed by atoms with E-state index >= 15 is 0 Å². The summed E-state index contributed by atoms with van der Waals surface area (Å²) in [7, 11) is 0. The number of amides is 1. The van der Waals surface area contributed by atoms with Gasteiger partial charge in [-0.2, -0.15) is 10.4 Å². The summed E-state index contributed by atoms with van der Waals surface area (Å²) < 4.78 is 8.10. The van der Waals surface area contributed by atoms with Crippen LogP contribution in [0, 0.1) is 11.3 Å². The Morgan fingerprint density at radius 1 is 1.42 bits per heavy atom. The molecule has 2 aromatic rings. The first-order valence-corrected chi connectivity index (χ1v) is 9.30. The van der Waals surface area contributed by atoms with E-state index in [4.69, 9.17) is 4.74 Å². The molecule has 1 unspecified atom stereocenters. The Labute approximate surface area is 161 Å². The van der Waals surface area contributed by atoms with Gasteiger partial charge in [0.15, 0.2) is 0 Å². The molecule has 1 aliphatic rings. The number of nitrogens with zero attached hydrogens (tertiary/aromatic N) is 5. The zero-order valence-corrected chi connectivity index (χ0v) is 16.9. The van der Waals surface area contributed by atoms with Crippen molar-refractivity contribution in [1.29, 1.82) is 5.26 Å². The molecule has 7 nitrogen and oxygen atoms in total. The number of carbonyl (C=O) groups is 1. The number of piperazine rings is 1. The largest absolute Gasteiger partial charge is 0.444 e. The number of anilines is 1. The van der Waals surface area contributed by atoms with Gasteiger partial charge in [0, 0.05) is 36.3 Å². The highest BCUT2D eigenvalue weighted by atomic mass is 79.9. The van der Waals surface area contributed by atoms with Gasteiger partial charge >= 0.3 is 6.09 Å². The summed E-state index contributed by atoms with van der Waals surface area (Å²) in [6.07, 6.45) is 3.12. The SMILES string of the molecule is CC1CN(c2cc(Br)cn3ncc(C#N)c23)CCN1C(=O)OC(C)(C)C. The number of fused-ring (bicyclic) bond motifs is 1. The number of hydrogen-bond acceptors (Lipinski definition) is 5. The molecule has 3 rings (SSSR count). The van der Waals surface area contributed by atoms with Crippen LogP contribution in [-0.2, 0) is 4.74 Å². The fourth-order valence-electron chi connectivity index (χ4n) is 3.16. The lowest BCUT2D eigenvalue weighted by molar-refractivity contribution is 0.0159. The highest BCUT2D eigenvalue weighted by Crippen LogP contribution is 2.30. The normalized spacial score (nSPS) is 18.1. The maximum Gasteiger partial charge on any atom is 0.410 e. The first kappa shape index (κ1) is 18.5. The summed E-state index contributed by atoms with van der Waals surface area (Å²) in [6, 6.07) is 4.19. The average molecular weight is 420 g/mol. The van der Waals surface area contributed by atoms with Gasteiger partial charge < -0.3 is 14.5 Å². The van der Waals surface area contributed by atoms with Crippen molar-refractivity contribution in [2.45, 2.75) is 39.3 Å². The molecular formula is C18H22BrN5O2. The Balaban J connectivity index is 1.86. The Morgan fingerprint density at radius 3 is 2.77 bits per heavy atom. The number of hydrogen-bond donors (Lipinski definition) is 0. The van der Waals surface area contributed by atoms with Crippen LogP contribution in [0.2, 0.25) is 0 Å². The molecule has 0 aromatic carbocycles. The van der Waals surface area contributed by atoms with Gasteiger partial charge in [-0.3, -0.25) is 0 Å². The Morgan fingerprint density at radius 2 is 2.15 bits per heavy atom. The lowest BCUT2D eigenvalue weighted by Gasteiger charge is -2.41. The highest BCUT2D eigenvalue weighted by molar-refractivity contribution is 9.10. The molecule has 0 N–H and O–H groups in total. The van der Waals surface area contributed by atoms with Gasteiger partial charge in [-0.25, -0.2) is 9.31 Å². The third-order valence-corrected chi connectivity index (χ3v) is 4.71. The van der Waals surface area contributed by atoms with Gasteiger partial charge in [0.05, 0.1) is 17.4 Å². The number of aromatic nitrogens is 2. The predicted octanol–water partition coefficient (Wildman–Crippen LogP) is 3.41. The topological polar surface area (TPSA) is 73.9 Å². The lowest BCUT2D eigenvalue weighted by atomic mass is 10.1. The zero-order chi connectivity index (χ0) is 19.1. The van der Waals surface area contributed by atoms with Crippen molar-refractivity contribution in [3.63, 3.8) is 0 Å². The summed E-state index contributed by atoms with van der Waals surface area (Å²) in [5.41, 5.74) is 1.75. The Bertz CT molecular complexity index is 880. The van der Waals surface area contributed by atoms with E-state index in [0.29, 0.717) is 25.2 Å². The van der Waals surface area contributed by atoms with E-state index in [1.165, 1.54) is 0 Å². The summed E-state index contributed by atoms with van der Waals surface area (Å²) >= 11 is 3.51. The van der Waals surface area contributed by atoms with Gasteiger partial charge in [0.25, 0.3) is 0 Å². The fourth-order valence-corrected chi connectivity index (χ4v) is 3.57. The molecule has 1 atom stereocenters. The molecule has 138 valence electrons. The summed E-state index contributed by atoms with van der Waals surface area (Å²) in [5.74, 6) is 0. The van der Waals surface area contributed by atoms with Crippen molar-refractivity contribution in [3.8, 4) is 6.07 Å². The number of halogens is 1. The smallest absolute Gasteiger partial charge is 0.410 e. The second-order valence-electron chi connectivity index (χ2n) is 7.48. The molecule has 26 heavy (non-hydrogen) atoms. The Hall–Kier alpha value is -2.27. The van der Waals surface area contributed by atoms with Crippen LogP contribution in [0.25, 0.3) is 5.52 Å². The van der Waals surface area contributed by atoms with Crippen molar-refractivity contribution >= 4 is 33.2 Å². The molecule has 2 aromatic heterocycles. The molecule has 8 heteroatoms. The third-order valence-electron chi connectivity index (χ3n) is 4.27. The van der Waals surface area contributed by atoms with Crippen LogP contribution in [0.3, 0.4) is 0 Å². The third kappa shape index (κ3) is 3.63. The van der Waals surface area contributed by atoms with E-state index < -0.39 is 5.60 Å². The minimum atomic E-state index is -0.510. The standard InChI is InChI=1S/C18H22BrN5O2/c1-12-10-22(5-6-23(12)17(25)26-18(2,3)4)15-7-14(19)11-24-16(15)13(8-20)9-21-24/h7,9,11-12H,5-6,10H2,1-4H3. The van der Waals surface area contributed by atoms with Crippen LogP contribution in [0.15, 0.2) is 22.9 Å². The van der Waals surface area contributed by atoms with E-state index in [1.807, 2.05) is 40.0 Å². The van der Waals surface area contributed by atoms with Gasteiger partial charge in [0.1, 0.15) is 17.2 Å². The average Bonchev–Trinajstić information content (AvgIpc) is 2.94. The summed E-state index contributed by atoms with van der Waals surface area (Å²) in [5, 5.41) is 13.6. The van der Waals surface area contributed by atoms with Crippen molar-refractivity contribution in [1.82, 2.24) is 14.5 Å². The second kappa shape index (κ2) is 6.80. The van der Waals surface area contributed by atoms with Crippen LogP contribution in [0.4, 0.5) is 10.5 Å². The molecule has 0 radical (unpaired) electrons. The van der Waals surface area contributed by atoms with Crippen LogP contribution >= 0.6 is 15.9 Å². The zero-order valence-electron chi connectivity index (χ0n) is 15.4. The Kier molecular flexibility index (Phi) is 4.84. The fraction of sp³-hybridized carbons (Fsp3) is 0.500. The van der Waals surface area contributed by atoms with Crippen molar-refractivity contribution < 1.29 is 9.53 Å². The maximum atomic E-state index is 12.4. The molecule has 1 aliphatic heterocycles. The number of rotatable bonds is 1. The van der Waals surface area contributed by atoms with Crippen LogP contribution in [0.5, 0.6) is 0 Å². The van der Waals surface area contributed by atoms with E-state index in [-0.39, 0.29) is 12.1 Å². The van der Waals surface area contributed by atoms with E-state index in [2.05, 4.69) is 32.0 Å². The molecular weight excluding hydrogens is 398 g/mol. The van der Waals surface area contributed by atoms with E-state index in [1.54, 1.807) is 15.6 Å². The van der Waals surface area contributed by atoms with E-state index in [9.17, 15) is 10.1 Å². The summed E-state index contributed by atoms with van der Waals surface area (Å²) in [6.45, 7) is 9.48. The molecule has 0 saturated carbocycles. The molecule has 1 amide bonds. The summed E-state index contributed by atoms with van der Waals surface area (Å²) in [4.78, 5) is 16.4. The quantitative estimate of drug-likeness (QED) is 0.707. The number of pyridine rings is 1. The molecule has 0 spiro atoms. The number of nitriles is 1. The first-order valence-electron chi connectivity index (χ1n) is 8.51. The number of ether oxygens (including phenoxy) is 1.